The van der Waals surface area contributed by atoms with Gasteiger partial charge in [0.25, 0.3) is 11.1 Å². The molecule has 1 heterocycles. The molecule has 0 aliphatic heterocycles. The molecule has 6 nitrogen and oxygen atoms in total. The van der Waals surface area contributed by atoms with Gasteiger partial charge in [-0.2, -0.15) is 0 Å². The zero-order valence-electron chi connectivity index (χ0n) is 16.4. The fraction of sp³-hybridized carbons (Fsp3) is 0.286. The van der Waals surface area contributed by atoms with Crippen molar-refractivity contribution < 1.29 is 13.9 Å². The number of hydrogen-bond donors (Lipinski definition) is 1. The average molecular weight is 398 g/mol. The SMILES string of the molecule is COc1ccccc1-c1nnc(SCC(=O)Nc2ccc(C(C)(C)C)cc2)o1. The number of aromatic nitrogens is 2. The van der Waals surface area contributed by atoms with Crippen molar-refractivity contribution in [3.63, 3.8) is 0 Å². The highest BCUT2D eigenvalue weighted by atomic mass is 32.2. The lowest BCUT2D eigenvalue weighted by atomic mass is 9.87. The van der Waals surface area contributed by atoms with Crippen molar-refractivity contribution in [3.8, 4) is 17.2 Å². The molecule has 7 heteroatoms. The van der Waals surface area contributed by atoms with Crippen LogP contribution in [0.2, 0.25) is 0 Å². The Morgan fingerprint density at radius 3 is 2.50 bits per heavy atom. The Kier molecular flexibility index (Phi) is 6.04. The second-order valence-electron chi connectivity index (χ2n) is 7.24. The van der Waals surface area contributed by atoms with E-state index in [0.717, 1.165) is 5.69 Å². The number of hydrogen-bond acceptors (Lipinski definition) is 6. The first-order valence-electron chi connectivity index (χ1n) is 8.87. The van der Waals surface area contributed by atoms with Gasteiger partial charge in [0.15, 0.2) is 0 Å². The lowest BCUT2D eigenvalue weighted by Gasteiger charge is -2.19. The van der Waals surface area contributed by atoms with E-state index in [2.05, 4.69) is 36.3 Å². The molecule has 0 aliphatic carbocycles. The molecular formula is C21H23N3O3S. The normalized spacial score (nSPS) is 11.3. The molecule has 0 fully saturated rings. The summed E-state index contributed by atoms with van der Waals surface area (Å²) in [5.74, 6) is 1.05. The predicted molar refractivity (Wildman–Crippen MR) is 111 cm³/mol. The van der Waals surface area contributed by atoms with Crippen LogP contribution in [0.25, 0.3) is 11.5 Å². The molecule has 1 N–H and O–H groups in total. The smallest absolute Gasteiger partial charge is 0.277 e. The molecule has 28 heavy (non-hydrogen) atoms. The number of para-hydroxylation sites is 1. The largest absolute Gasteiger partial charge is 0.496 e. The van der Waals surface area contributed by atoms with Gasteiger partial charge in [-0.1, -0.05) is 56.8 Å². The number of ether oxygens (including phenoxy) is 1. The topological polar surface area (TPSA) is 77.2 Å². The van der Waals surface area contributed by atoms with Crippen LogP contribution in [-0.4, -0.2) is 29.0 Å². The predicted octanol–water partition coefficient (Wildman–Crippen LogP) is 4.77. The second kappa shape index (κ2) is 8.48. The summed E-state index contributed by atoms with van der Waals surface area (Å²) in [5, 5.41) is 11.2. The van der Waals surface area contributed by atoms with E-state index in [-0.39, 0.29) is 17.1 Å². The Balaban J connectivity index is 1.57. The Morgan fingerprint density at radius 1 is 1.11 bits per heavy atom. The molecule has 0 bridgehead atoms. The van der Waals surface area contributed by atoms with E-state index in [1.807, 2.05) is 48.5 Å². The number of anilines is 1. The van der Waals surface area contributed by atoms with Crippen LogP contribution in [0.5, 0.6) is 5.75 Å². The molecule has 146 valence electrons. The molecule has 0 aliphatic rings. The number of benzene rings is 2. The van der Waals surface area contributed by atoms with Crippen LogP contribution in [0.3, 0.4) is 0 Å². The monoisotopic (exact) mass is 397 g/mol. The van der Waals surface area contributed by atoms with E-state index in [9.17, 15) is 4.79 Å². The Hall–Kier alpha value is -2.80. The fourth-order valence-electron chi connectivity index (χ4n) is 2.58. The van der Waals surface area contributed by atoms with Gasteiger partial charge in [-0.05, 0) is 35.2 Å². The van der Waals surface area contributed by atoms with Crippen molar-refractivity contribution >= 4 is 23.4 Å². The van der Waals surface area contributed by atoms with Crippen molar-refractivity contribution in [2.45, 2.75) is 31.4 Å². The molecule has 1 aromatic heterocycles. The van der Waals surface area contributed by atoms with Crippen LogP contribution in [0.1, 0.15) is 26.3 Å². The third kappa shape index (κ3) is 4.92. The molecule has 2 aromatic carbocycles. The minimum Gasteiger partial charge on any atom is -0.496 e. The molecule has 0 saturated carbocycles. The molecule has 0 unspecified atom stereocenters. The maximum absolute atomic E-state index is 12.2. The van der Waals surface area contributed by atoms with Crippen LogP contribution in [0.15, 0.2) is 58.2 Å². The van der Waals surface area contributed by atoms with Crippen molar-refractivity contribution in [2.24, 2.45) is 0 Å². The minimum absolute atomic E-state index is 0.0789. The number of methoxy groups -OCH3 is 1. The molecule has 1 amide bonds. The molecule has 3 rings (SSSR count). The van der Waals surface area contributed by atoms with Gasteiger partial charge in [-0.3, -0.25) is 4.79 Å². The maximum Gasteiger partial charge on any atom is 0.277 e. The number of nitrogens with one attached hydrogen (secondary N) is 1. The highest BCUT2D eigenvalue weighted by Crippen LogP contribution is 2.30. The second-order valence-corrected chi connectivity index (χ2v) is 8.16. The van der Waals surface area contributed by atoms with Crippen LogP contribution in [0, 0.1) is 0 Å². The lowest BCUT2D eigenvalue weighted by molar-refractivity contribution is -0.113. The Labute approximate surface area is 168 Å². The van der Waals surface area contributed by atoms with Gasteiger partial charge in [-0.25, -0.2) is 0 Å². The fourth-order valence-corrected chi connectivity index (χ4v) is 3.14. The number of carbonyl (C=O) groups is 1. The average Bonchev–Trinajstić information content (AvgIpc) is 3.15. The molecule has 0 radical (unpaired) electrons. The van der Waals surface area contributed by atoms with Crippen LogP contribution >= 0.6 is 11.8 Å². The van der Waals surface area contributed by atoms with Crippen molar-refractivity contribution in [1.29, 1.82) is 0 Å². The minimum atomic E-state index is -0.134. The summed E-state index contributed by atoms with van der Waals surface area (Å²) in [5.41, 5.74) is 2.77. The van der Waals surface area contributed by atoms with Gasteiger partial charge in [0.2, 0.25) is 5.91 Å². The van der Waals surface area contributed by atoms with E-state index < -0.39 is 0 Å². The summed E-state index contributed by atoms with van der Waals surface area (Å²) >= 11 is 1.19. The summed E-state index contributed by atoms with van der Waals surface area (Å²) < 4.78 is 11.0. The first kappa shape index (κ1) is 19.9. The van der Waals surface area contributed by atoms with E-state index in [4.69, 9.17) is 9.15 Å². The third-order valence-corrected chi connectivity index (χ3v) is 4.92. The van der Waals surface area contributed by atoms with Gasteiger partial charge in [-0.15, -0.1) is 10.2 Å². The highest BCUT2D eigenvalue weighted by molar-refractivity contribution is 7.99. The first-order valence-corrected chi connectivity index (χ1v) is 9.85. The standard InChI is InChI=1S/C21H23N3O3S/c1-21(2,3)14-9-11-15(12-10-14)22-18(25)13-28-20-24-23-19(27-20)16-7-5-6-8-17(16)26-4/h5-12H,13H2,1-4H3,(H,22,25). The Bertz CT molecular complexity index is 946. The van der Waals surface area contributed by atoms with E-state index in [1.165, 1.54) is 17.3 Å². The summed E-state index contributed by atoms with van der Waals surface area (Å²) in [4.78, 5) is 12.2. The van der Waals surface area contributed by atoms with Gasteiger partial charge >= 0.3 is 0 Å². The maximum atomic E-state index is 12.2. The van der Waals surface area contributed by atoms with Crippen molar-refractivity contribution in [2.75, 3.05) is 18.2 Å². The third-order valence-electron chi connectivity index (χ3n) is 4.11. The molecular weight excluding hydrogens is 374 g/mol. The zero-order chi connectivity index (χ0) is 20.1. The van der Waals surface area contributed by atoms with Crippen molar-refractivity contribution in [1.82, 2.24) is 10.2 Å². The molecule has 3 aromatic rings. The van der Waals surface area contributed by atoms with E-state index in [1.54, 1.807) is 7.11 Å². The Morgan fingerprint density at radius 2 is 1.82 bits per heavy atom. The van der Waals surface area contributed by atoms with E-state index in [0.29, 0.717) is 22.4 Å². The number of nitrogens with zero attached hydrogens (tertiary/aromatic N) is 2. The zero-order valence-corrected chi connectivity index (χ0v) is 17.2. The summed E-state index contributed by atoms with van der Waals surface area (Å²) in [6.45, 7) is 6.46. The summed E-state index contributed by atoms with van der Waals surface area (Å²) in [6, 6.07) is 15.3. The summed E-state index contributed by atoms with van der Waals surface area (Å²) in [7, 11) is 1.59. The van der Waals surface area contributed by atoms with Gasteiger partial charge in [0, 0.05) is 5.69 Å². The molecule has 0 atom stereocenters. The number of amides is 1. The number of thioether (sulfide) groups is 1. The molecule has 0 spiro atoms. The van der Waals surface area contributed by atoms with Crippen LogP contribution in [-0.2, 0) is 10.2 Å². The lowest BCUT2D eigenvalue weighted by Crippen LogP contribution is -2.15. The molecule has 0 saturated heterocycles. The van der Waals surface area contributed by atoms with E-state index >= 15 is 0 Å². The quantitative estimate of drug-likeness (QED) is 0.604. The van der Waals surface area contributed by atoms with Gasteiger partial charge < -0.3 is 14.5 Å². The van der Waals surface area contributed by atoms with Gasteiger partial charge in [0.05, 0.1) is 18.4 Å². The number of carbonyl (C=O) groups excluding carboxylic acids is 1. The first-order chi connectivity index (χ1) is 13.4. The summed E-state index contributed by atoms with van der Waals surface area (Å²) in [6.07, 6.45) is 0. The van der Waals surface area contributed by atoms with Crippen LogP contribution < -0.4 is 10.1 Å². The highest BCUT2D eigenvalue weighted by Gasteiger charge is 2.15. The van der Waals surface area contributed by atoms with Gasteiger partial charge in [0.1, 0.15) is 5.75 Å². The van der Waals surface area contributed by atoms with Crippen LogP contribution in [0.4, 0.5) is 5.69 Å². The number of rotatable bonds is 6. The van der Waals surface area contributed by atoms with Crippen molar-refractivity contribution in [3.05, 3.63) is 54.1 Å².